The molecule has 1 saturated heterocycles. The average Bonchev–Trinajstić information content (AvgIpc) is 2.47. The zero-order valence-corrected chi connectivity index (χ0v) is 12.5. The third-order valence-corrected chi connectivity index (χ3v) is 3.79. The van der Waals surface area contributed by atoms with Gasteiger partial charge in [0.1, 0.15) is 5.75 Å². The van der Waals surface area contributed by atoms with Gasteiger partial charge in [0, 0.05) is 19.6 Å². The number of nitrogens with zero attached hydrogens (tertiary/aromatic N) is 1. The van der Waals surface area contributed by atoms with Gasteiger partial charge in [-0.1, -0.05) is 6.07 Å². The Morgan fingerprint density at radius 2 is 2.20 bits per heavy atom. The molecule has 2 rings (SSSR count). The fourth-order valence-corrected chi connectivity index (χ4v) is 2.38. The van der Waals surface area contributed by atoms with Gasteiger partial charge in [-0.2, -0.15) is 0 Å². The molecule has 1 aliphatic rings. The summed E-state index contributed by atoms with van der Waals surface area (Å²) >= 11 is 0. The number of benzene rings is 1. The van der Waals surface area contributed by atoms with Gasteiger partial charge in [-0.05, 0) is 43.5 Å². The predicted molar refractivity (Wildman–Crippen MR) is 79.3 cm³/mol. The summed E-state index contributed by atoms with van der Waals surface area (Å²) in [4.78, 5) is 2.33. The Kier molecular flexibility index (Phi) is 5.83. The first-order valence-electron chi connectivity index (χ1n) is 7.34. The van der Waals surface area contributed by atoms with E-state index in [1.165, 1.54) is 11.1 Å². The summed E-state index contributed by atoms with van der Waals surface area (Å²) in [7, 11) is 0. The van der Waals surface area contributed by atoms with Crippen LogP contribution in [-0.4, -0.2) is 55.6 Å². The Morgan fingerprint density at radius 1 is 1.35 bits per heavy atom. The average molecular weight is 279 g/mol. The van der Waals surface area contributed by atoms with Crippen LogP contribution in [0.4, 0.5) is 0 Å². The van der Waals surface area contributed by atoms with Gasteiger partial charge in [0.05, 0.1) is 25.9 Å². The molecule has 4 heteroatoms. The molecule has 0 aliphatic carbocycles. The first kappa shape index (κ1) is 15.3. The van der Waals surface area contributed by atoms with Crippen molar-refractivity contribution in [2.45, 2.75) is 26.4 Å². The molecule has 1 fully saturated rings. The van der Waals surface area contributed by atoms with Gasteiger partial charge in [-0.15, -0.1) is 0 Å². The smallest absolute Gasteiger partial charge is 0.119 e. The van der Waals surface area contributed by atoms with Crippen LogP contribution in [0.15, 0.2) is 18.2 Å². The van der Waals surface area contributed by atoms with Crippen LogP contribution >= 0.6 is 0 Å². The summed E-state index contributed by atoms with van der Waals surface area (Å²) < 4.78 is 11.2. The zero-order chi connectivity index (χ0) is 14.4. The summed E-state index contributed by atoms with van der Waals surface area (Å²) in [5, 5.41) is 9.10. The van der Waals surface area contributed by atoms with Crippen LogP contribution in [0, 0.1) is 13.8 Å². The lowest BCUT2D eigenvalue weighted by molar-refractivity contribution is -0.0533. The van der Waals surface area contributed by atoms with Crippen molar-refractivity contribution in [3.05, 3.63) is 29.3 Å². The second-order valence-corrected chi connectivity index (χ2v) is 5.42. The normalized spacial score (nSPS) is 20.1. The molecule has 0 saturated carbocycles. The van der Waals surface area contributed by atoms with Crippen molar-refractivity contribution in [3.8, 4) is 5.75 Å². The number of aliphatic hydroxyl groups excluding tert-OH is 1. The molecular formula is C16H25NO3. The van der Waals surface area contributed by atoms with Gasteiger partial charge in [0.15, 0.2) is 0 Å². The third kappa shape index (κ3) is 4.47. The lowest BCUT2D eigenvalue weighted by Crippen LogP contribution is -2.44. The fraction of sp³-hybridized carbons (Fsp3) is 0.625. The molecule has 1 aromatic carbocycles. The monoisotopic (exact) mass is 279 g/mol. The molecule has 1 N–H and O–H groups in total. The molecular weight excluding hydrogens is 254 g/mol. The van der Waals surface area contributed by atoms with E-state index in [-0.39, 0.29) is 12.7 Å². The maximum Gasteiger partial charge on any atom is 0.119 e. The van der Waals surface area contributed by atoms with Crippen LogP contribution in [0.2, 0.25) is 0 Å². The van der Waals surface area contributed by atoms with E-state index in [9.17, 15) is 0 Å². The lowest BCUT2D eigenvalue weighted by atomic mass is 10.1. The van der Waals surface area contributed by atoms with Crippen molar-refractivity contribution >= 4 is 0 Å². The van der Waals surface area contributed by atoms with Crippen molar-refractivity contribution in [2.75, 3.05) is 39.5 Å². The Labute approximate surface area is 121 Å². The van der Waals surface area contributed by atoms with Crippen LogP contribution in [0.5, 0.6) is 5.75 Å². The summed E-state index contributed by atoms with van der Waals surface area (Å²) in [6, 6.07) is 6.21. The number of ether oxygens (including phenoxy) is 2. The summed E-state index contributed by atoms with van der Waals surface area (Å²) in [5.41, 5.74) is 2.56. The van der Waals surface area contributed by atoms with E-state index in [4.69, 9.17) is 14.6 Å². The second kappa shape index (κ2) is 7.62. The maximum absolute atomic E-state index is 9.10. The highest BCUT2D eigenvalue weighted by atomic mass is 16.5. The number of morpholine rings is 1. The van der Waals surface area contributed by atoms with Gasteiger partial charge in [-0.3, -0.25) is 4.90 Å². The largest absolute Gasteiger partial charge is 0.494 e. The molecule has 0 bridgehead atoms. The van der Waals surface area contributed by atoms with Crippen molar-refractivity contribution in [3.63, 3.8) is 0 Å². The molecule has 112 valence electrons. The van der Waals surface area contributed by atoms with Crippen LogP contribution in [0.25, 0.3) is 0 Å². The van der Waals surface area contributed by atoms with E-state index < -0.39 is 0 Å². The minimum absolute atomic E-state index is 0.0237. The molecule has 0 spiro atoms. The van der Waals surface area contributed by atoms with Gasteiger partial charge < -0.3 is 14.6 Å². The first-order chi connectivity index (χ1) is 9.69. The molecule has 1 heterocycles. The molecule has 1 aromatic rings. The number of rotatable bonds is 6. The van der Waals surface area contributed by atoms with Gasteiger partial charge >= 0.3 is 0 Å². The highest BCUT2D eigenvalue weighted by Gasteiger charge is 2.18. The Bertz CT molecular complexity index is 422. The molecule has 1 aliphatic heterocycles. The van der Waals surface area contributed by atoms with Crippen LogP contribution < -0.4 is 4.74 Å². The zero-order valence-electron chi connectivity index (χ0n) is 12.5. The standard InChI is InChI=1S/C16H25NO3/c1-13-4-5-15(10-14(13)2)19-8-3-6-17-7-9-20-16(11-17)12-18/h4-5,10,16,18H,3,6-9,11-12H2,1-2H3. The minimum Gasteiger partial charge on any atom is -0.494 e. The molecule has 0 amide bonds. The molecule has 20 heavy (non-hydrogen) atoms. The highest BCUT2D eigenvalue weighted by Crippen LogP contribution is 2.16. The summed E-state index contributed by atoms with van der Waals surface area (Å²) in [6.45, 7) is 8.51. The van der Waals surface area contributed by atoms with Crippen LogP contribution in [0.1, 0.15) is 17.5 Å². The second-order valence-electron chi connectivity index (χ2n) is 5.42. The molecule has 4 nitrogen and oxygen atoms in total. The molecule has 0 radical (unpaired) electrons. The van der Waals surface area contributed by atoms with E-state index in [0.29, 0.717) is 6.61 Å². The topological polar surface area (TPSA) is 41.9 Å². The van der Waals surface area contributed by atoms with E-state index >= 15 is 0 Å². The van der Waals surface area contributed by atoms with E-state index in [2.05, 4.69) is 30.9 Å². The van der Waals surface area contributed by atoms with Gasteiger partial charge in [-0.25, -0.2) is 0 Å². The summed E-state index contributed by atoms with van der Waals surface area (Å²) in [5.74, 6) is 0.948. The number of hydrogen-bond donors (Lipinski definition) is 1. The highest BCUT2D eigenvalue weighted by molar-refractivity contribution is 5.33. The third-order valence-electron chi connectivity index (χ3n) is 3.79. The van der Waals surface area contributed by atoms with Crippen molar-refractivity contribution in [2.24, 2.45) is 0 Å². The van der Waals surface area contributed by atoms with E-state index in [1.807, 2.05) is 6.07 Å². The predicted octanol–water partition coefficient (Wildman–Crippen LogP) is 1.77. The van der Waals surface area contributed by atoms with Crippen molar-refractivity contribution in [1.29, 1.82) is 0 Å². The molecule has 1 atom stereocenters. The SMILES string of the molecule is Cc1ccc(OCCCN2CCOC(CO)C2)cc1C. The number of hydrogen-bond acceptors (Lipinski definition) is 4. The van der Waals surface area contributed by atoms with Crippen LogP contribution in [0.3, 0.4) is 0 Å². The van der Waals surface area contributed by atoms with Gasteiger partial charge in [0.2, 0.25) is 0 Å². The molecule has 1 unspecified atom stereocenters. The Morgan fingerprint density at radius 3 is 2.95 bits per heavy atom. The Hall–Kier alpha value is -1.10. The number of aliphatic hydroxyl groups is 1. The van der Waals surface area contributed by atoms with Crippen molar-refractivity contribution in [1.82, 2.24) is 4.90 Å². The first-order valence-corrected chi connectivity index (χ1v) is 7.34. The van der Waals surface area contributed by atoms with Gasteiger partial charge in [0.25, 0.3) is 0 Å². The Balaban J connectivity index is 1.67. The lowest BCUT2D eigenvalue weighted by Gasteiger charge is -2.31. The minimum atomic E-state index is -0.0237. The number of aryl methyl sites for hydroxylation is 2. The quantitative estimate of drug-likeness (QED) is 0.806. The van der Waals surface area contributed by atoms with E-state index in [0.717, 1.165) is 38.4 Å². The van der Waals surface area contributed by atoms with E-state index in [1.54, 1.807) is 0 Å². The fourth-order valence-electron chi connectivity index (χ4n) is 2.38. The maximum atomic E-state index is 9.10. The van der Waals surface area contributed by atoms with Crippen LogP contribution in [-0.2, 0) is 4.74 Å². The molecule has 0 aromatic heterocycles. The summed E-state index contributed by atoms with van der Waals surface area (Å²) in [6.07, 6.45) is 0.967. The van der Waals surface area contributed by atoms with Crippen molar-refractivity contribution < 1.29 is 14.6 Å².